The predicted octanol–water partition coefficient (Wildman–Crippen LogP) is 3.32. The van der Waals surface area contributed by atoms with Gasteiger partial charge in [0.2, 0.25) is 5.91 Å². The number of rotatable bonds is 8. The van der Waals surface area contributed by atoms with E-state index < -0.39 is 0 Å². The van der Waals surface area contributed by atoms with Crippen LogP contribution in [0.15, 0.2) is 52.2 Å². The average Bonchev–Trinajstić information content (AvgIpc) is 3.30. The second kappa shape index (κ2) is 8.71. The molecule has 3 rings (SSSR count). The zero-order valence-corrected chi connectivity index (χ0v) is 15.8. The highest BCUT2D eigenvalue weighted by atomic mass is 32.2. The van der Waals surface area contributed by atoms with Crippen LogP contribution >= 0.6 is 11.8 Å². The van der Waals surface area contributed by atoms with Gasteiger partial charge in [-0.25, -0.2) is 0 Å². The molecule has 0 aliphatic carbocycles. The van der Waals surface area contributed by atoms with Crippen molar-refractivity contribution in [2.24, 2.45) is 0 Å². The number of aromatic nitrogens is 3. The van der Waals surface area contributed by atoms with E-state index >= 15 is 0 Å². The Bertz CT molecular complexity index is 858. The highest BCUT2D eigenvalue weighted by Gasteiger charge is 2.16. The number of aryl methyl sites for hydroxylation is 1. The summed E-state index contributed by atoms with van der Waals surface area (Å²) in [4.78, 5) is 12.1. The zero-order chi connectivity index (χ0) is 18.4. The zero-order valence-electron chi connectivity index (χ0n) is 14.9. The van der Waals surface area contributed by atoms with Crippen LogP contribution in [0, 0.1) is 6.92 Å². The summed E-state index contributed by atoms with van der Waals surface area (Å²) in [5, 5.41) is 12.1. The van der Waals surface area contributed by atoms with Crippen molar-refractivity contribution in [2.45, 2.75) is 32.0 Å². The molecule has 0 atom stereocenters. The van der Waals surface area contributed by atoms with Crippen LogP contribution in [0.25, 0.3) is 11.6 Å². The summed E-state index contributed by atoms with van der Waals surface area (Å²) >= 11 is 1.38. The molecule has 0 aliphatic heterocycles. The van der Waals surface area contributed by atoms with E-state index in [0.717, 1.165) is 6.42 Å². The molecule has 0 radical (unpaired) electrons. The Morgan fingerprint density at radius 2 is 2.08 bits per heavy atom. The first-order chi connectivity index (χ1) is 12.7. The molecule has 0 aliphatic rings. The van der Waals surface area contributed by atoms with Crippen molar-refractivity contribution in [1.82, 2.24) is 20.1 Å². The first-order valence-corrected chi connectivity index (χ1v) is 9.58. The fourth-order valence-electron chi connectivity index (χ4n) is 2.68. The van der Waals surface area contributed by atoms with E-state index in [1.165, 1.54) is 22.9 Å². The van der Waals surface area contributed by atoms with Gasteiger partial charge in [-0.05, 0) is 43.5 Å². The van der Waals surface area contributed by atoms with E-state index in [2.05, 4.69) is 34.6 Å². The Balaban J connectivity index is 1.51. The highest BCUT2D eigenvalue weighted by Crippen LogP contribution is 2.24. The number of amides is 1. The third kappa shape index (κ3) is 4.35. The van der Waals surface area contributed by atoms with E-state index in [1.807, 2.05) is 35.8 Å². The van der Waals surface area contributed by atoms with Gasteiger partial charge in [-0.15, -0.1) is 10.2 Å². The molecule has 0 fully saturated rings. The Labute approximate surface area is 157 Å². The summed E-state index contributed by atoms with van der Waals surface area (Å²) < 4.78 is 7.34. The third-order valence-electron chi connectivity index (χ3n) is 4.08. The van der Waals surface area contributed by atoms with Gasteiger partial charge in [-0.1, -0.05) is 36.0 Å². The molecule has 2 aromatic heterocycles. The van der Waals surface area contributed by atoms with Crippen LogP contribution in [0.3, 0.4) is 0 Å². The lowest BCUT2D eigenvalue weighted by Crippen LogP contribution is -2.27. The van der Waals surface area contributed by atoms with Crippen LogP contribution in [-0.4, -0.2) is 33.0 Å². The molecule has 0 saturated carbocycles. The molecule has 26 heavy (non-hydrogen) atoms. The first kappa shape index (κ1) is 18.3. The number of benzene rings is 1. The van der Waals surface area contributed by atoms with Gasteiger partial charge in [0.15, 0.2) is 16.7 Å². The lowest BCUT2D eigenvalue weighted by molar-refractivity contribution is -0.118. The van der Waals surface area contributed by atoms with Gasteiger partial charge in [0.1, 0.15) is 0 Å². The standard InChI is InChI=1S/C19H22N4O2S/c1-3-23-18(16-9-6-12-25-16)21-22-19(23)26-13-17(24)20-11-10-15-8-5-4-7-14(15)2/h4-9,12H,3,10-11,13H2,1-2H3,(H,20,24). The van der Waals surface area contributed by atoms with Gasteiger partial charge in [-0.2, -0.15) is 0 Å². The monoisotopic (exact) mass is 370 g/mol. The van der Waals surface area contributed by atoms with Gasteiger partial charge in [-0.3, -0.25) is 9.36 Å². The second-order valence-corrected chi connectivity index (χ2v) is 6.79. The van der Waals surface area contributed by atoms with Crippen LogP contribution in [0.2, 0.25) is 0 Å². The van der Waals surface area contributed by atoms with Crippen LogP contribution in [0.5, 0.6) is 0 Å². The molecule has 0 unspecified atom stereocenters. The quantitative estimate of drug-likeness (QED) is 0.616. The number of thioether (sulfide) groups is 1. The Kier molecular flexibility index (Phi) is 6.12. The molecule has 3 aromatic rings. The van der Waals surface area contributed by atoms with Crippen molar-refractivity contribution in [3.8, 4) is 11.6 Å². The molecule has 1 amide bonds. The Morgan fingerprint density at radius 3 is 2.81 bits per heavy atom. The largest absolute Gasteiger partial charge is 0.461 e. The molecule has 136 valence electrons. The van der Waals surface area contributed by atoms with Crippen LogP contribution in [0.4, 0.5) is 0 Å². The number of carbonyl (C=O) groups is 1. The van der Waals surface area contributed by atoms with E-state index in [4.69, 9.17) is 4.42 Å². The topological polar surface area (TPSA) is 73.0 Å². The maximum absolute atomic E-state index is 12.1. The maximum atomic E-state index is 12.1. The normalized spacial score (nSPS) is 10.8. The lowest BCUT2D eigenvalue weighted by Gasteiger charge is -2.08. The predicted molar refractivity (Wildman–Crippen MR) is 102 cm³/mol. The van der Waals surface area contributed by atoms with Crippen molar-refractivity contribution >= 4 is 17.7 Å². The second-order valence-electron chi connectivity index (χ2n) is 5.84. The molecule has 2 heterocycles. The number of furan rings is 1. The third-order valence-corrected chi connectivity index (χ3v) is 5.05. The lowest BCUT2D eigenvalue weighted by atomic mass is 10.1. The summed E-state index contributed by atoms with van der Waals surface area (Å²) in [6, 6.07) is 11.9. The Morgan fingerprint density at radius 1 is 1.23 bits per heavy atom. The molecular formula is C19H22N4O2S. The fourth-order valence-corrected chi connectivity index (χ4v) is 3.51. The molecule has 0 saturated heterocycles. The summed E-state index contributed by atoms with van der Waals surface area (Å²) in [5.74, 6) is 1.66. The van der Waals surface area contributed by atoms with Gasteiger partial charge in [0.25, 0.3) is 0 Å². The van der Waals surface area contributed by atoms with E-state index in [1.54, 1.807) is 6.26 Å². The maximum Gasteiger partial charge on any atom is 0.230 e. The summed E-state index contributed by atoms with van der Waals surface area (Å²) in [6.45, 7) is 5.44. The van der Waals surface area contributed by atoms with E-state index in [0.29, 0.717) is 35.6 Å². The minimum absolute atomic E-state index is 0.00575. The Hall–Kier alpha value is -2.54. The van der Waals surface area contributed by atoms with Crippen LogP contribution < -0.4 is 5.32 Å². The summed E-state index contributed by atoms with van der Waals surface area (Å²) in [5.41, 5.74) is 2.51. The minimum Gasteiger partial charge on any atom is -0.461 e. The van der Waals surface area contributed by atoms with Gasteiger partial charge >= 0.3 is 0 Å². The average molecular weight is 370 g/mol. The smallest absolute Gasteiger partial charge is 0.230 e. The van der Waals surface area contributed by atoms with Gasteiger partial charge < -0.3 is 9.73 Å². The number of hydrogen-bond donors (Lipinski definition) is 1. The van der Waals surface area contributed by atoms with Crippen molar-refractivity contribution in [1.29, 1.82) is 0 Å². The summed E-state index contributed by atoms with van der Waals surface area (Å²) in [6.07, 6.45) is 2.44. The van der Waals surface area contributed by atoms with E-state index in [-0.39, 0.29) is 5.91 Å². The highest BCUT2D eigenvalue weighted by molar-refractivity contribution is 7.99. The number of nitrogens with zero attached hydrogens (tertiary/aromatic N) is 3. The number of carbonyl (C=O) groups excluding carboxylic acids is 1. The molecule has 6 nitrogen and oxygen atoms in total. The van der Waals surface area contributed by atoms with Crippen molar-refractivity contribution in [3.05, 3.63) is 53.8 Å². The fraction of sp³-hybridized carbons (Fsp3) is 0.316. The van der Waals surface area contributed by atoms with Gasteiger partial charge in [0.05, 0.1) is 12.0 Å². The molecule has 0 bridgehead atoms. The SMILES string of the molecule is CCn1c(SCC(=O)NCCc2ccccc2C)nnc1-c1ccco1. The molecule has 0 spiro atoms. The van der Waals surface area contributed by atoms with E-state index in [9.17, 15) is 4.79 Å². The molecule has 1 aromatic carbocycles. The van der Waals surface area contributed by atoms with Crippen molar-refractivity contribution in [2.75, 3.05) is 12.3 Å². The summed E-state index contributed by atoms with van der Waals surface area (Å²) in [7, 11) is 0. The van der Waals surface area contributed by atoms with Crippen molar-refractivity contribution < 1.29 is 9.21 Å². The number of nitrogens with one attached hydrogen (secondary N) is 1. The molecule has 7 heteroatoms. The van der Waals surface area contributed by atoms with Crippen molar-refractivity contribution in [3.63, 3.8) is 0 Å². The van der Waals surface area contributed by atoms with Gasteiger partial charge in [0, 0.05) is 13.1 Å². The molecular weight excluding hydrogens is 348 g/mol. The minimum atomic E-state index is -0.00575. The van der Waals surface area contributed by atoms with Crippen LogP contribution in [0.1, 0.15) is 18.1 Å². The first-order valence-electron chi connectivity index (χ1n) is 8.60. The molecule has 1 N–H and O–H groups in total. The van der Waals surface area contributed by atoms with Crippen LogP contribution in [-0.2, 0) is 17.8 Å². The number of hydrogen-bond acceptors (Lipinski definition) is 5.